The Labute approximate surface area is 205 Å². The molecule has 4 aromatic rings. The smallest absolute Gasteiger partial charge is 0.197 e. The van der Waals surface area contributed by atoms with Crippen molar-refractivity contribution in [2.75, 3.05) is 7.11 Å². The van der Waals surface area contributed by atoms with E-state index in [0.29, 0.717) is 34.8 Å². The Morgan fingerprint density at radius 2 is 1.48 bits per heavy atom. The first kappa shape index (κ1) is 21.4. The number of ketones is 2. The van der Waals surface area contributed by atoms with Gasteiger partial charge in [0.25, 0.3) is 0 Å². The molecule has 0 N–H and O–H groups in total. The number of halogens is 1. The van der Waals surface area contributed by atoms with Crippen LogP contribution in [-0.2, 0) is 6.61 Å². The first-order valence-corrected chi connectivity index (χ1v) is 11.5. The zero-order chi connectivity index (χ0) is 22.9. The Balaban J connectivity index is 1.42. The van der Waals surface area contributed by atoms with Crippen LogP contribution in [0.15, 0.2) is 84.4 Å². The van der Waals surface area contributed by atoms with Crippen molar-refractivity contribution in [1.82, 2.24) is 0 Å². The minimum Gasteiger partial charge on any atom is -0.493 e. The predicted octanol–water partition coefficient (Wildman–Crippen LogP) is 6.49. The van der Waals surface area contributed by atoms with E-state index in [-0.39, 0.29) is 17.1 Å². The Morgan fingerprint density at radius 1 is 0.818 bits per heavy atom. The molecule has 4 aromatic carbocycles. The molecule has 0 heterocycles. The molecule has 5 heteroatoms. The molecule has 0 radical (unpaired) electrons. The van der Waals surface area contributed by atoms with Crippen LogP contribution in [0.5, 0.6) is 11.5 Å². The highest BCUT2D eigenvalue weighted by atomic mass is 127. The van der Waals surface area contributed by atoms with Gasteiger partial charge in [-0.1, -0.05) is 60.7 Å². The maximum Gasteiger partial charge on any atom is 0.197 e. The SMILES string of the molecule is COc1cc(C=C2C(=O)c3ccccc3C2=O)cc(I)c1OCc1ccc2ccccc2c1. The fraction of sp³-hybridized carbons (Fsp3) is 0.0714. The summed E-state index contributed by atoms with van der Waals surface area (Å²) in [5.74, 6) is 0.674. The van der Waals surface area contributed by atoms with Gasteiger partial charge in [-0.05, 0) is 68.8 Å². The van der Waals surface area contributed by atoms with Crippen molar-refractivity contribution in [2.45, 2.75) is 6.61 Å². The van der Waals surface area contributed by atoms with Gasteiger partial charge in [-0.15, -0.1) is 0 Å². The number of hydrogen-bond acceptors (Lipinski definition) is 4. The molecule has 5 rings (SSSR count). The van der Waals surface area contributed by atoms with Gasteiger partial charge in [0, 0.05) is 11.1 Å². The van der Waals surface area contributed by atoms with Crippen molar-refractivity contribution in [2.24, 2.45) is 0 Å². The second-order valence-electron chi connectivity index (χ2n) is 7.77. The Morgan fingerprint density at radius 3 is 2.18 bits per heavy atom. The summed E-state index contributed by atoms with van der Waals surface area (Å²) >= 11 is 2.19. The molecule has 0 spiro atoms. The van der Waals surface area contributed by atoms with Gasteiger partial charge in [-0.25, -0.2) is 0 Å². The number of benzene rings is 4. The number of methoxy groups -OCH3 is 1. The minimum atomic E-state index is -0.249. The van der Waals surface area contributed by atoms with E-state index in [0.717, 1.165) is 14.5 Å². The number of hydrogen-bond donors (Lipinski definition) is 0. The van der Waals surface area contributed by atoms with Crippen LogP contribution >= 0.6 is 22.6 Å². The van der Waals surface area contributed by atoms with Gasteiger partial charge in [0.05, 0.1) is 16.3 Å². The largest absolute Gasteiger partial charge is 0.493 e. The van der Waals surface area contributed by atoms with Gasteiger partial charge in [-0.2, -0.15) is 0 Å². The summed E-state index contributed by atoms with van der Waals surface area (Å²) in [6.45, 7) is 0.393. The van der Waals surface area contributed by atoms with E-state index in [2.05, 4.69) is 52.9 Å². The Bertz CT molecular complexity index is 1410. The maximum atomic E-state index is 12.7. The molecule has 0 aliphatic heterocycles. The van der Waals surface area contributed by atoms with Crippen molar-refractivity contribution in [3.8, 4) is 11.5 Å². The fourth-order valence-corrected chi connectivity index (χ4v) is 4.80. The van der Waals surface area contributed by atoms with Crippen LogP contribution in [-0.4, -0.2) is 18.7 Å². The van der Waals surface area contributed by atoms with Gasteiger partial charge in [0.15, 0.2) is 23.1 Å². The van der Waals surface area contributed by atoms with Crippen molar-refractivity contribution < 1.29 is 19.1 Å². The molecule has 33 heavy (non-hydrogen) atoms. The summed E-state index contributed by atoms with van der Waals surface area (Å²) < 4.78 is 12.5. The molecule has 1 aliphatic rings. The summed E-state index contributed by atoms with van der Waals surface area (Å²) in [6, 6.07) is 25.0. The number of carbonyl (C=O) groups excluding carboxylic acids is 2. The van der Waals surface area contributed by atoms with Crippen molar-refractivity contribution in [3.05, 3.63) is 110 Å². The highest BCUT2D eigenvalue weighted by Crippen LogP contribution is 2.36. The normalized spacial score (nSPS) is 12.7. The summed E-state index contributed by atoms with van der Waals surface area (Å²) in [5, 5.41) is 2.35. The standard InChI is InChI=1S/C28H19IO4/c1-32-25-15-18(13-23-26(30)21-8-4-5-9-22(21)27(23)31)14-24(29)28(25)33-16-17-10-11-19-6-2-3-7-20(19)12-17/h2-15H,16H2,1H3. The molecule has 0 fully saturated rings. The Kier molecular flexibility index (Phi) is 5.72. The monoisotopic (exact) mass is 546 g/mol. The van der Waals surface area contributed by atoms with Crippen molar-refractivity contribution in [3.63, 3.8) is 0 Å². The molecule has 0 unspecified atom stereocenters. The van der Waals surface area contributed by atoms with E-state index < -0.39 is 0 Å². The van der Waals surface area contributed by atoms with Crippen LogP contribution in [0, 0.1) is 3.57 Å². The van der Waals surface area contributed by atoms with Crippen LogP contribution in [0.1, 0.15) is 31.8 Å². The first-order chi connectivity index (χ1) is 16.0. The molecule has 0 saturated heterocycles. The van der Waals surface area contributed by atoms with Crippen LogP contribution in [0.3, 0.4) is 0 Å². The fourth-order valence-electron chi connectivity index (χ4n) is 4.02. The molecule has 0 bridgehead atoms. The van der Waals surface area contributed by atoms with Gasteiger partial charge >= 0.3 is 0 Å². The topological polar surface area (TPSA) is 52.6 Å². The lowest BCUT2D eigenvalue weighted by atomic mass is 10.1. The van der Waals surface area contributed by atoms with Crippen LogP contribution in [0.25, 0.3) is 16.8 Å². The second kappa shape index (κ2) is 8.83. The zero-order valence-electron chi connectivity index (χ0n) is 17.8. The van der Waals surface area contributed by atoms with Gasteiger partial charge in [0.2, 0.25) is 0 Å². The van der Waals surface area contributed by atoms with E-state index in [1.165, 1.54) is 5.39 Å². The minimum absolute atomic E-state index is 0.166. The van der Waals surface area contributed by atoms with E-state index >= 15 is 0 Å². The van der Waals surface area contributed by atoms with Crippen molar-refractivity contribution in [1.29, 1.82) is 0 Å². The van der Waals surface area contributed by atoms with Crippen molar-refractivity contribution >= 4 is 51.0 Å². The summed E-state index contributed by atoms with van der Waals surface area (Å²) in [4.78, 5) is 25.4. The quantitative estimate of drug-likeness (QED) is 0.163. The van der Waals surface area contributed by atoms with Gasteiger partial charge < -0.3 is 9.47 Å². The third-order valence-electron chi connectivity index (χ3n) is 5.67. The average Bonchev–Trinajstić information content (AvgIpc) is 3.08. The highest BCUT2D eigenvalue weighted by molar-refractivity contribution is 14.1. The van der Waals surface area contributed by atoms with Gasteiger partial charge in [-0.3, -0.25) is 9.59 Å². The highest BCUT2D eigenvalue weighted by Gasteiger charge is 2.32. The van der Waals surface area contributed by atoms with Crippen LogP contribution < -0.4 is 9.47 Å². The number of rotatable bonds is 5. The van der Waals surface area contributed by atoms with E-state index in [9.17, 15) is 9.59 Å². The summed E-state index contributed by atoms with van der Waals surface area (Å²) in [5.41, 5.74) is 2.83. The van der Waals surface area contributed by atoms with E-state index in [1.807, 2.05) is 18.2 Å². The van der Waals surface area contributed by atoms with Crippen LogP contribution in [0.4, 0.5) is 0 Å². The van der Waals surface area contributed by atoms with E-state index in [4.69, 9.17) is 9.47 Å². The zero-order valence-corrected chi connectivity index (χ0v) is 20.0. The molecule has 4 nitrogen and oxygen atoms in total. The lowest BCUT2D eigenvalue weighted by Crippen LogP contribution is -2.02. The molecule has 0 amide bonds. The molecule has 0 aromatic heterocycles. The second-order valence-corrected chi connectivity index (χ2v) is 8.93. The number of ether oxygens (including phenoxy) is 2. The van der Waals surface area contributed by atoms with Crippen LogP contribution in [0.2, 0.25) is 0 Å². The molecule has 0 saturated carbocycles. The van der Waals surface area contributed by atoms with E-state index in [1.54, 1.807) is 43.5 Å². The maximum absolute atomic E-state index is 12.7. The first-order valence-electron chi connectivity index (χ1n) is 10.4. The lowest BCUT2D eigenvalue weighted by molar-refractivity contribution is 0.0990. The molecular weight excluding hydrogens is 527 g/mol. The summed E-state index contributed by atoms with van der Waals surface area (Å²) in [6.07, 6.45) is 1.63. The van der Waals surface area contributed by atoms with Gasteiger partial charge in [0.1, 0.15) is 6.61 Å². The number of allylic oxidation sites excluding steroid dienone is 1. The molecule has 162 valence electrons. The lowest BCUT2D eigenvalue weighted by Gasteiger charge is -2.14. The molecular formula is C28H19IO4. The Hall–Kier alpha value is -3.45. The molecule has 0 atom stereocenters. The predicted molar refractivity (Wildman–Crippen MR) is 137 cm³/mol. The molecule has 1 aliphatic carbocycles. The number of Topliss-reactive ketones (excluding diaryl/α,β-unsaturated/α-hetero) is 2. The third kappa shape index (κ3) is 4.04. The summed E-state index contributed by atoms with van der Waals surface area (Å²) in [7, 11) is 1.58. The number of carbonyl (C=O) groups is 2. The third-order valence-corrected chi connectivity index (χ3v) is 6.47. The number of fused-ring (bicyclic) bond motifs is 2. The average molecular weight is 546 g/mol.